The smallest absolute Gasteiger partial charge is 0.263 e. The maximum atomic E-state index is 12.3. The second kappa shape index (κ2) is 5.34. The molecule has 0 atom stereocenters. The van der Waals surface area contributed by atoms with Crippen LogP contribution in [-0.2, 0) is 0 Å². The lowest BCUT2D eigenvalue weighted by atomic mass is 10.0. The van der Waals surface area contributed by atoms with Gasteiger partial charge in [0, 0.05) is 17.5 Å². The third kappa shape index (κ3) is 2.73. The fraction of sp³-hybridized carbons (Fsp3) is 0.462. The third-order valence-electron chi connectivity index (χ3n) is 3.52. The van der Waals surface area contributed by atoms with E-state index in [0.717, 1.165) is 5.39 Å². The molecule has 6 nitrogen and oxygen atoms in total. The van der Waals surface area contributed by atoms with Crippen molar-refractivity contribution in [3.05, 3.63) is 17.1 Å². The highest BCUT2D eigenvalue weighted by atomic mass is 32.1. The van der Waals surface area contributed by atoms with Gasteiger partial charge in [0.25, 0.3) is 5.91 Å². The van der Waals surface area contributed by atoms with Crippen molar-refractivity contribution < 1.29 is 4.79 Å². The minimum Gasteiger partial charge on any atom is -0.397 e. The number of nitrogens with zero attached hydrogens (tertiary/aromatic N) is 3. The molecule has 0 aliphatic carbocycles. The number of aromatic nitrogens is 2. The monoisotopic (exact) mass is 293 g/mol. The van der Waals surface area contributed by atoms with Gasteiger partial charge in [0.1, 0.15) is 9.71 Å². The second-order valence-electron chi connectivity index (χ2n) is 5.48. The fourth-order valence-corrected chi connectivity index (χ4v) is 2.53. The van der Waals surface area contributed by atoms with E-state index in [1.54, 1.807) is 12.3 Å². The molecule has 3 N–H and O–H groups in total. The first-order valence-electron chi connectivity index (χ1n) is 6.28. The number of carbonyl (C=O) groups excluding carboxylic acids is 1. The van der Waals surface area contributed by atoms with E-state index in [0.29, 0.717) is 21.9 Å². The Morgan fingerprint density at radius 2 is 2.20 bits per heavy atom. The van der Waals surface area contributed by atoms with Gasteiger partial charge in [-0.3, -0.25) is 4.79 Å². The summed E-state index contributed by atoms with van der Waals surface area (Å²) in [5, 5.41) is 11.5. The van der Waals surface area contributed by atoms with Crippen LogP contribution in [0, 0.1) is 0 Å². The molecular formula is C13H19N5OS. The summed E-state index contributed by atoms with van der Waals surface area (Å²) in [5.41, 5.74) is 6.36. The van der Waals surface area contributed by atoms with Crippen LogP contribution in [0.5, 0.6) is 0 Å². The molecule has 0 bridgehead atoms. The highest BCUT2D eigenvalue weighted by molar-refractivity contribution is 7.21. The average molecular weight is 293 g/mol. The van der Waals surface area contributed by atoms with Crippen LogP contribution in [-0.4, -0.2) is 47.2 Å². The zero-order valence-corrected chi connectivity index (χ0v) is 12.9. The molecule has 2 aromatic heterocycles. The molecule has 2 rings (SSSR count). The summed E-state index contributed by atoms with van der Waals surface area (Å²) in [6.45, 7) is 4.66. The number of fused-ring (bicyclic) bond motifs is 1. The van der Waals surface area contributed by atoms with E-state index in [2.05, 4.69) is 34.3 Å². The first-order chi connectivity index (χ1) is 9.33. The first-order valence-corrected chi connectivity index (χ1v) is 7.10. The molecule has 0 saturated heterocycles. The number of hydrogen-bond donors (Lipinski definition) is 2. The largest absolute Gasteiger partial charge is 0.397 e. The van der Waals surface area contributed by atoms with Crippen LogP contribution < -0.4 is 11.1 Å². The molecule has 0 unspecified atom stereocenters. The van der Waals surface area contributed by atoms with E-state index in [9.17, 15) is 4.79 Å². The van der Waals surface area contributed by atoms with Crippen LogP contribution in [0.1, 0.15) is 23.5 Å². The molecule has 0 aliphatic heterocycles. The summed E-state index contributed by atoms with van der Waals surface area (Å²) in [7, 11) is 3.96. The Hall–Kier alpha value is -1.73. The van der Waals surface area contributed by atoms with Crippen molar-refractivity contribution in [1.29, 1.82) is 0 Å². The Labute approximate surface area is 122 Å². The molecule has 0 saturated carbocycles. The molecule has 2 heterocycles. The average Bonchev–Trinajstić information content (AvgIpc) is 2.74. The van der Waals surface area contributed by atoms with E-state index in [1.807, 2.05) is 14.1 Å². The summed E-state index contributed by atoms with van der Waals surface area (Å²) >= 11 is 1.27. The normalized spacial score (nSPS) is 12.1. The summed E-state index contributed by atoms with van der Waals surface area (Å²) in [4.78, 5) is 15.5. The molecule has 0 aliphatic rings. The topological polar surface area (TPSA) is 84.1 Å². The minimum atomic E-state index is -0.166. The summed E-state index contributed by atoms with van der Waals surface area (Å²) in [6.07, 6.45) is 1.57. The summed E-state index contributed by atoms with van der Waals surface area (Å²) < 4.78 is 0. The molecule has 2 aromatic rings. The van der Waals surface area contributed by atoms with Crippen LogP contribution in [0.25, 0.3) is 10.2 Å². The predicted molar refractivity (Wildman–Crippen MR) is 81.9 cm³/mol. The quantitative estimate of drug-likeness (QED) is 0.889. The van der Waals surface area contributed by atoms with Gasteiger partial charge in [0.2, 0.25) is 0 Å². The number of rotatable bonds is 4. The van der Waals surface area contributed by atoms with E-state index in [4.69, 9.17) is 5.73 Å². The van der Waals surface area contributed by atoms with Crippen molar-refractivity contribution in [2.75, 3.05) is 26.4 Å². The second-order valence-corrected chi connectivity index (χ2v) is 6.48. The summed E-state index contributed by atoms with van der Waals surface area (Å²) in [6, 6.07) is 1.77. The van der Waals surface area contributed by atoms with Gasteiger partial charge >= 0.3 is 0 Å². The Balaban J connectivity index is 2.18. The molecule has 0 spiro atoms. The molecule has 108 valence electrons. The number of carbonyl (C=O) groups is 1. The molecule has 7 heteroatoms. The Kier molecular flexibility index (Phi) is 3.92. The molecular weight excluding hydrogens is 274 g/mol. The van der Waals surface area contributed by atoms with Crippen LogP contribution in [0.4, 0.5) is 5.69 Å². The SMILES string of the molecule is CN(C)C(C)(C)CNC(=O)c1sc2nnccc2c1N. The van der Waals surface area contributed by atoms with Gasteiger partial charge in [-0.2, -0.15) is 5.10 Å². The van der Waals surface area contributed by atoms with Gasteiger partial charge in [-0.1, -0.05) is 0 Å². The van der Waals surface area contributed by atoms with Gasteiger partial charge in [0.15, 0.2) is 0 Å². The van der Waals surface area contributed by atoms with E-state index in [-0.39, 0.29) is 11.4 Å². The van der Waals surface area contributed by atoms with Gasteiger partial charge in [0.05, 0.1) is 11.9 Å². The van der Waals surface area contributed by atoms with Crippen molar-refractivity contribution in [1.82, 2.24) is 20.4 Å². The van der Waals surface area contributed by atoms with Gasteiger partial charge in [-0.05, 0) is 34.0 Å². The maximum Gasteiger partial charge on any atom is 0.263 e. The van der Waals surface area contributed by atoms with Gasteiger partial charge < -0.3 is 16.0 Å². The van der Waals surface area contributed by atoms with Crippen LogP contribution in [0.2, 0.25) is 0 Å². The lowest BCUT2D eigenvalue weighted by Crippen LogP contribution is -2.48. The highest BCUT2D eigenvalue weighted by Gasteiger charge is 2.23. The molecule has 20 heavy (non-hydrogen) atoms. The predicted octanol–water partition coefficient (Wildman–Crippen LogP) is 1.34. The first kappa shape index (κ1) is 14.7. The number of nitrogens with one attached hydrogen (secondary N) is 1. The number of thiophene rings is 1. The summed E-state index contributed by atoms with van der Waals surface area (Å²) in [5.74, 6) is -0.166. The van der Waals surface area contributed by atoms with E-state index in [1.165, 1.54) is 11.3 Å². The van der Waals surface area contributed by atoms with Crippen LogP contribution in [0.3, 0.4) is 0 Å². The van der Waals surface area contributed by atoms with Crippen molar-refractivity contribution in [3.63, 3.8) is 0 Å². The lowest BCUT2D eigenvalue weighted by Gasteiger charge is -2.32. The van der Waals surface area contributed by atoms with E-state index < -0.39 is 0 Å². The molecule has 1 amide bonds. The van der Waals surface area contributed by atoms with Crippen LogP contribution in [0.15, 0.2) is 12.3 Å². The fourth-order valence-electron chi connectivity index (χ4n) is 1.58. The zero-order valence-electron chi connectivity index (χ0n) is 12.1. The maximum absolute atomic E-state index is 12.3. The zero-order chi connectivity index (χ0) is 14.9. The number of hydrogen-bond acceptors (Lipinski definition) is 6. The van der Waals surface area contributed by atoms with E-state index >= 15 is 0 Å². The minimum absolute atomic E-state index is 0.124. The highest BCUT2D eigenvalue weighted by Crippen LogP contribution is 2.31. The molecule has 0 fully saturated rings. The van der Waals surface area contributed by atoms with Gasteiger partial charge in [-0.25, -0.2) is 0 Å². The standard InChI is InChI=1S/C13H19N5OS/c1-13(2,18(3)4)7-15-11(19)10-9(14)8-5-6-16-17-12(8)20-10/h5-6H,7,14H2,1-4H3,(H,15,19). The number of amides is 1. The number of nitrogen functional groups attached to an aromatic ring is 1. The third-order valence-corrected chi connectivity index (χ3v) is 4.62. The van der Waals surface area contributed by atoms with Crippen molar-refractivity contribution in [2.24, 2.45) is 0 Å². The number of likely N-dealkylation sites (N-methyl/N-ethyl adjacent to an activating group) is 1. The number of nitrogens with two attached hydrogens (primary N) is 1. The lowest BCUT2D eigenvalue weighted by molar-refractivity contribution is 0.0924. The van der Waals surface area contributed by atoms with Crippen molar-refractivity contribution in [2.45, 2.75) is 19.4 Å². The van der Waals surface area contributed by atoms with Crippen LogP contribution >= 0.6 is 11.3 Å². The Morgan fingerprint density at radius 3 is 2.80 bits per heavy atom. The van der Waals surface area contributed by atoms with Crippen molar-refractivity contribution in [3.8, 4) is 0 Å². The number of anilines is 1. The Morgan fingerprint density at radius 1 is 1.50 bits per heavy atom. The Bertz CT molecular complexity index is 635. The van der Waals surface area contributed by atoms with Gasteiger partial charge in [-0.15, -0.1) is 16.4 Å². The molecule has 0 aromatic carbocycles. The molecule has 0 radical (unpaired) electrons. The van der Waals surface area contributed by atoms with Crippen molar-refractivity contribution >= 4 is 33.1 Å².